The second-order valence-electron chi connectivity index (χ2n) is 3.00. The molecular formula is C9H12O6. The molecule has 0 radical (unpaired) electrons. The van der Waals surface area contributed by atoms with Crippen molar-refractivity contribution in [2.75, 3.05) is 6.61 Å². The molecule has 0 fully saturated rings. The van der Waals surface area contributed by atoms with Gasteiger partial charge in [0.15, 0.2) is 5.78 Å². The lowest BCUT2D eigenvalue weighted by Crippen LogP contribution is -2.41. The van der Waals surface area contributed by atoms with Crippen LogP contribution in [0, 0.1) is 5.41 Å². The number of hydrogen-bond acceptors (Lipinski definition) is 4. The average molecular weight is 216 g/mol. The monoisotopic (exact) mass is 216 g/mol. The van der Waals surface area contributed by atoms with Gasteiger partial charge in [0, 0.05) is 6.61 Å². The SMILES string of the molecule is C=CC(=O)C(CCO)(CC(=O)O)C(=O)O. The summed E-state index contributed by atoms with van der Waals surface area (Å²) in [7, 11) is 0. The van der Waals surface area contributed by atoms with E-state index in [4.69, 9.17) is 15.3 Å². The van der Waals surface area contributed by atoms with E-state index in [1.165, 1.54) is 0 Å². The molecule has 0 aliphatic heterocycles. The molecule has 0 saturated heterocycles. The van der Waals surface area contributed by atoms with Crippen LogP contribution in [0.3, 0.4) is 0 Å². The number of carbonyl (C=O) groups is 3. The van der Waals surface area contributed by atoms with E-state index in [1.807, 2.05) is 0 Å². The molecule has 0 aliphatic rings. The highest BCUT2D eigenvalue weighted by Gasteiger charge is 2.45. The number of aliphatic hydroxyl groups excluding tert-OH is 1. The summed E-state index contributed by atoms with van der Waals surface area (Å²) >= 11 is 0. The van der Waals surface area contributed by atoms with Crippen LogP contribution in [0.2, 0.25) is 0 Å². The molecule has 0 aliphatic carbocycles. The lowest BCUT2D eigenvalue weighted by atomic mass is 9.77. The third-order valence-electron chi connectivity index (χ3n) is 2.06. The Morgan fingerprint density at radius 2 is 1.80 bits per heavy atom. The van der Waals surface area contributed by atoms with Crippen molar-refractivity contribution in [2.24, 2.45) is 5.41 Å². The molecule has 0 heterocycles. The van der Waals surface area contributed by atoms with Crippen LogP contribution < -0.4 is 0 Å². The zero-order valence-corrected chi connectivity index (χ0v) is 7.97. The van der Waals surface area contributed by atoms with Crippen LogP contribution in [0.25, 0.3) is 0 Å². The van der Waals surface area contributed by atoms with Gasteiger partial charge < -0.3 is 15.3 Å². The number of carbonyl (C=O) groups excluding carboxylic acids is 1. The summed E-state index contributed by atoms with van der Waals surface area (Å²) in [6, 6.07) is 0. The molecule has 0 aromatic rings. The van der Waals surface area contributed by atoms with Crippen molar-refractivity contribution >= 4 is 17.7 Å². The van der Waals surface area contributed by atoms with E-state index in [0.717, 1.165) is 6.08 Å². The lowest BCUT2D eigenvalue weighted by molar-refractivity contribution is -0.160. The number of aliphatic carboxylic acids is 2. The number of carboxylic acids is 2. The molecule has 6 nitrogen and oxygen atoms in total. The Morgan fingerprint density at radius 3 is 2.07 bits per heavy atom. The molecule has 0 saturated carbocycles. The van der Waals surface area contributed by atoms with Gasteiger partial charge in [-0.3, -0.25) is 14.4 Å². The molecule has 15 heavy (non-hydrogen) atoms. The zero-order chi connectivity index (χ0) is 12.1. The number of ketones is 1. The van der Waals surface area contributed by atoms with Crippen LogP contribution in [0.4, 0.5) is 0 Å². The molecule has 84 valence electrons. The normalized spacial score (nSPS) is 13.9. The van der Waals surface area contributed by atoms with E-state index in [-0.39, 0.29) is 0 Å². The molecule has 0 bridgehead atoms. The van der Waals surface area contributed by atoms with Gasteiger partial charge in [-0.2, -0.15) is 0 Å². The predicted octanol–water partition coefficient (Wildman–Crippen LogP) is -0.330. The van der Waals surface area contributed by atoms with Gasteiger partial charge in [-0.1, -0.05) is 6.58 Å². The third-order valence-corrected chi connectivity index (χ3v) is 2.06. The molecule has 0 rings (SSSR count). The van der Waals surface area contributed by atoms with Gasteiger partial charge in [-0.25, -0.2) is 0 Å². The van der Waals surface area contributed by atoms with E-state index >= 15 is 0 Å². The van der Waals surface area contributed by atoms with Crippen LogP contribution in [-0.2, 0) is 14.4 Å². The predicted molar refractivity (Wildman–Crippen MR) is 49.2 cm³/mol. The first-order chi connectivity index (χ1) is 6.90. The summed E-state index contributed by atoms with van der Waals surface area (Å²) in [5, 5.41) is 26.1. The summed E-state index contributed by atoms with van der Waals surface area (Å²) in [5.74, 6) is -3.89. The van der Waals surface area contributed by atoms with Gasteiger partial charge in [0.2, 0.25) is 0 Å². The lowest BCUT2D eigenvalue weighted by Gasteiger charge is -2.23. The van der Waals surface area contributed by atoms with Gasteiger partial charge in [0.05, 0.1) is 6.42 Å². The van der Waals surface area contributed by atoms with Crippen molar-refractivity contribution in [3.63, 3.8) is 0 Å². The van der Waals surface area contributed by atoms with Crippen molar-refractivity contribution in [2.45, 2.75) is 12.8 Å². The topological polar surface area (TPSA) is 112 Å². The first-order valence-electron chi connectivity index (χ1n) is 4.13. The van der Waals surface area contributed by atoms with Crippen LogP contribution in [0.15, 0.2) is 12.7 Å². The fraction of sp³-hybridized carbons (Fsp3) is 0.444. The Bertz CT molecular complexity index is 295. The van der Waals surface area contributed by atoms with Crippen LogP contribution in [0.1, 0.15) is 12.8 Å². The molecule has 0 amide bonds. The second kappa shape index (κ2) is 5.26. The van der Waals surface area contributed by atoms with Crippen molar-refractivity contribution in [1.29, 1.82) is 0 Å². The Balaban J connectivity index is 5.24. The fourth-order valence-electron chi connectivity index (χ4n) is 1.23. The van der Waals surface area contributed by atoms with E-state index in [2.05, 4.69) is 6.58 Å². The van der Waals surface area contributed by atoms with Crippen molar-refractivity contribution in [3.05, 3.63) is 12.7 Å². The molecule has 0 aromatic heterocycles. The van der Waals surface area contributed by atoms with Crippen molar-refractivity contribution in [3.8, 4) is 0 Å². The van der Waals surface area contributed by atoms with E-state index in [0.29, 0.717) is 0 Å². The summed E-state index contributed by atoms with van der Waals surface area (Å²) in [5.41, 5.74) is -2.11. The summed E-state index contributed by atoms with van der Waals surface area (Å²) in [6.07, 6.45) is -0.556. The zero-order valence-electron chi connectivity index (χ0n) is 7.97. The second-order valence-corrected chi connectivity index (χ2v) is 3.00. The largest absolute Gasteiger partial charge is 0.481 e. The Labute approximate surface area is 85.8 Å². The maximum atomic E-state index is 11.3. The molecule has 6 heteroatoms. The Hall–Kier alpha value is -1.69. The summed E-state index contributed by atoms with van der Waals surface area (Å²) in [4.78, 5) is 32.7. The number of allylic oxidation sites excluding steroid dienone is 1. The first-order valence-corrected chi connectivity index (χ1v) is 4.13. The maximum Gasteiger partial charge on any atom is 0.318 e. The third kappa shape index (κ3) is 2.88. The first kappa shape index (κ1) is 13.3. The number of rotatable bonds is 7. The molecule has 0 aromatic carbocycles. The fourth-order valence-corrected chi connectivity index (χ4v) is 1.23. The van der Waals surface area contributed by atoms with Crippen LogP contribution in [-0.4, -0.2) is 39.6 Å². The molecular weight excluding hydrogens is 204 g/mol. The smallest absolute Gasteiger partial charge is 0.318 e. The molecule has 0 spiro atoms. The maximum absolute atomic E-state index is 11.3. The van der Waals surface area contributed by atoms with Gasteiger partial charge in [-0.15, -0.1) is 0 Å². The van der Waals surface area contributed by atoms with Crippen molar-refractivity contribution < 1.29 is 29.7 Å². The average Bonchev–Trinajstić information content (AvgIpc) is 2.14. The van der Waals surface area contributed by atoms with E-state index < -0.39 is 42.6 Å². The Morgan fingerprint density at radius 1 is 1.27 bits per heavy atom. The number of carboxylic acid groups (broad SMARTS) is 2. The highest BCUT2D eigenvalue weighted by molar-refractivity contribution is 6.10. The van der Waals surface area contributed by atoms with Gasteiger partial charge >= 0.3 is 11.9 Å². The quantitative estimate of drug-likeness (QED) is 0.397. The van der Waals surface area contributed by atoms with Gasteiger partial charge in [0.1, 0.15) is 5.41 Å². The van der Waals surface area contributed by atoms with Gasteiger partial charge in [0.25, 0.3) is 0 Å². The number of hydrogen-bond donors (Lipinski definition) is 3. The summed E-state index contributed by atoms with van der Waals surface area (Å²) < 4.78 is 0. The molecule has 3 N–H and O–H groups in total. The van der Waals surface area contributed by atoms with Crippen LogP contribution >= 0.6 is 0 Å². The Kier molecular flexibility index (Phi) is 4.66. The minimum atomic E-state index is -2.11. The summed E-state index contributed by atoms with van der Waals surface area (Å²) in [6.45, 7) is 2.53. The highest BCUT2D eigenvalue weighted by atomic mass is 16.4. The van der Waals surface area contributed by atoms with Crippen molar-refractivity contribution in [1.82, 2.24) is 0 Å². The number of aliphatic hydroxyl groups is 1. The minimum Gasteiger partial charge on any atom is -0.481 e. The van der Waals surface area contributed by atoms with E-state index in [1.54, 1.807) is 0 Å². The minimum absolute atomic E-state index is 0.445. The molecule has 1 unspecified atom stereocenters. The van der Waals surface area contributed by atoms with Gasteiger partial charge in [-0.05, 0) is 12.5 Å². The van der Waals surface area contributed by atoms with Crippen LogP contribution in [0.5, 0.6) is 0 Å². The standard InChI is InChI=1S/C9H12O6/c1-2-6(11)9(3-4-10,8(14)15)5-7(12)13/h2,10H,1,3-5H2,(H,12,13)(H,14,15). The van der Waals surface area contributed by atoms with E-state index in [9.17, 15) is 14.4 Å². The molecule has 1 atom stereocenters. The highest BCUT2D eigenvalue weighted by Crippen LogP contribution is 2.28.